The van der Waals surface area contributed by atoms with Gasteiger partial charge in [0.1, 0.15) is 5.82 Å². The molecule has 59 heavy (non-hydrogen) atoms. The molecular formula is C48H56N6O5. The summed E-state index contributed by atoms with van der Waals surface area (Å²) < 4.78 is 10.3. The first-order valence-electron chi connectivity index (χ1n) is 21.3. The molecule has 0 spiro atoms. The predicted molar refractivity (Wildman–Crippen MR) is 228 cm³/mol. The summed E-state index contributed by atoms with van der Waals surface area (Å²) in [6.07, 6.45) is 12.8. The summed E-state index contributed by atoms with van der Waals surface area (Å²) in [4.78, 5) is 59.2. The number of rotatable bonds is 14. The molecule has 8 atom stereocenters. The number of likely N-dealkylation sites (tertiary alicyclic amines) is 1. The molecule has 2 aromatic heterocycles. The summed E-state index contributed by atoms with van der Waals surface area (Å²) in [6, 6.07) is 20.8. The zero-order valence-corrected chi connectivity index (χ0v) is 34.8. The van der Waals surface area contributed by atoms with Crippen LogP contribution in [0.4, 0.5) is 0 Å². The Bertz CT molecular complexity index is 2200. The van der Waals surface area contributed by atoms with Crippen LogP contribution in [0.2, 0.25) is 0 Å². The minimum absolute atomic E-state index is 0.0318. The van der Waals surface area contributed by atoms with E-state index < -0.39 is 18.0 Å². The van der Waals surface area contributed by atoms with Crippen molar-refractivity contribution in [1.82, 2.24) is 25.2 Å². The molecule has 3 fully saturated rings. The lowest BCUT2D eigenvalue weighted by Crippen LogP contribution is -2.43. The van der Waals surface area contributed by atoms with E-state index in [0.717, 1.165) is 77.2 Å². The first-order chi connectivity index (χ1) is 28.6. The van der Waals surface area contributed by atoms with Gasteiger partial charge >= 0.3 is 5.97 Å². The Kier molecular flexibility index (Phi) is 11.9. The molecule has 308 valence electrons. The maximum atomic E-state index is 14.1. The van der Waals surface area contributed by atoms with Crippen LogP contribution in [-0.2, 0) is 23.9 Å². The fourth-order valence-electron chi connectivity index (χ4n) is 10.2. The number of benzene rings is 2. The number of nitrogens with zero attached hydrogens (tertiary/aromatic N) is 4. The molecule has 2 aliphatic carbocycles. The predicted octanol–water partition coefficient (Wildman–Crippen LogP) is 8.38. The number of esters is 1. The van der Waals surface area contributed by atoms with Crippen LogP contribution >= 0.6 is 0 Å². The quantitative estimate of drug-likeness (QED) is 0.122. The number of carbonyl (C=O) groups is 3. The number of carbonyl (C=O) groups excluding carboxylic acids is 3. The summed E-state index contributed by atoms with van der Waals surface area (Å²) in [5, 5.41) is 3.44. The Hall–Kier alpha value is -5.42. The number of allylic oxidation sites excluding steroid dienone is 1. The highest BCUT2D eigenvalue weighted by atomic mass is 16.5. The van der Waals surface area contributed by atoms with Gasteiger partial charge in [0.15, 0.2) is 0 Å². The average molecular weight is 797 g/mol. The number of methoxy groups -OCH3 is 2. The molecule has 4 aliphatic rings. The van der Waals surface area contributed by atoms with Gasteiger partial charge < -0.3 is 24.7 Å². The maximum Gasteiger partial charge on any atom is 0.306 e. The van der Waals surface area contributed by atoms with Crippen molar-refractivity contribution in [3.05, 3.63) is 102 Å². The highest BCUT2D eigenvalue weighted by Gasteiger charge is 2.53. The molecule has 2 saturated carbocycles. The van der Waals surface area contributed by atoms with Crippen molar-refractivity contribution < 1.29 is 23.9 Å². The van der Waals surface area contributed by atoms with Crippen LogP contribution in [-0.4, -0.2) is 70.2 Å². The van der Waals surface area contributed by atoms with Crippen molar-refractivity contribution >= 4 is 29.1 Å². The monoisotopic (exact) mass is 796 g/mol. The third kappa shape index (κ3) is 8.26. The third-order valence-corrected chi connectivity index (χ3v) is 13.5. The zero-order valence-electron chi connectivity index (χ0n) is 34.8. The van der Waals surface area contributed by atoms with Crippen LogP contribution in [0.1, 0.15) is 94.8 Å². The van der Waals surface area contributed by atoms with Crippen LogP contribution in [0, 0.1) is 35.5 Å². The standard InChI is InChI=1S/C48H56N6O5/c1-28(2)45(36-8-6-20-49-25-36)53-47(56)44-35-19-18-34(22-35)43(44)39-23-37(26-50-39)32-12-10-30(11-13-32)31-14-16-33(17-15-31)40-27-51-46(52-40)41-9-7-21-54(41)48(57)38(29(3)58-4)24-42(55)59-5/h6,8,10-17,20,25-29,34-35,38,41,43-45H,7,9,18-19,21-24H2,1-5H3,(H,51,52)(H,53,56)/t29-,34?,35?,38+,41+,43+,44-,45+/m1/s1. The van der Waals surface area contributed by atoms with Gasteiger partial charge in [-0.1, -0.05) is 68.4 Å². The number of aromatic nitrogens is 3. The first-order valence-corrected chi connectivity index (χ1v) is 21.3. The SMILES string of the molecule is COC(=O)C[C@H](C(=O)N1CCC[C@H]1c1ncc(-c2ccc(-c3ccc(C4=CN=C([C@@H]5C6CCC(C6)[C@H]5C(=O)N[C@H](c5cccnc5)C(C)C)C4)cc3)cc2)[nH]1)[C@@H](C)OC. The van der Waals surface area contributed by atoms with Gasteiger partial charge in [-0.05, 0) is 96.2 Å². The Labute approximate surface area is 347 Å². The summed E-state index contributed by atoms with van der Waals surface area (Å²) in [6.45, 7) is 6.71. The summed E-state index contributed by atoms with van der Waals surface area (Å²) in [5.74, 6) is 1.04. The van der Waals surface area contributed by atoms with Gasteiger partial charge in [-0.2, -0.15) is 0 Å². The maximum absolute atomic E-state index is 14.1. The Morgan fingerprint density at radius 2 is 1.61 bits per heavy atom. The van der Waals surface area contributed by atoms with E-state index in [1.54, 1.807) is 13.3 Å². The topological polar surface area (TPSA) is 139 Å². The zero-order chi connectivity index (χ0) is 41.2. The van der Waals surface area contributed by atoms with Gasteiger partial charge in [-0.25, -0.2) is 4.98 Å². The molecule has 4 aromatic rings. The average Bonchev–Trinajstić information content (AvgIpc) is 4.13. The van der Waals surface area contributed by atoms with Crippen molar-refractivity contribution in [3.8, 4) is 22.4 Å². The van der Waals surface area contributed by atoms with Gasteiger partial charge in [0.05, 0.1) is 49.5 Å². The highest BCUT2D eigenvalue weighted by Crippen LogP contribution is 2.54. The van der Waals surface area contributed by atoms with Crippen molar-refractivity contribution in [1.29, 1.82) is 0 Å². The van der Waals surface area contributed by atoms with Gasteiger partial charge in [-0.3, -0.25) is 24.4 Å². The number of amides is 2. The Morgan fingerprint density at radius 1 is 0.898 bits per heavy atom. The van der Waals surface area contributed by atoms with Crippen molar-refractivity contribution in [2.24, 2.45) is 40.5 Å². The molecule has 0 radical (unpaired) electrons. The number of aliphatic imine (C=N–C) groups is 1. The van der Waals surface area contributed by atoms with Gasteiger partial charge in [0, 0.05) is 56.2 Å². The second-order valence-electron chi connectivity index (χ2n) is 17.2. The molecule has 4 heterocycles. The van der Waals surface area contributed by atoms with E-state index in [4.69, 9.17) is 19.5 Å². The fraction of sp³-hybridized carbons (Fsp3) is 0.458. The number of imidazole rings is 1. The van der Waals surface area contributed by atoms with E-state index >= 15 is 0 Å². The molecule has 11 heteroatoms. The van der Waals surface area contributed by atoms with E-state index in [-0.39, 0.29) is 48.1 Å². The Morgan fingerprint density at radius 3 is 2.29 bits per heavy atom. The van der Waals surface area contributed by atoms with E-state index in [1.807, 2.05) is 36.5 Å². The minimum atomic E-state index is -0.633. The van der Waals surface area contributed by atoms with Gasteiger partial charge in [0.2, 0.25) is 11.8 Å². The lowest BCUT2D eigenvalue weighted by Gasteiger charge is -2.33. The molecular weight excluding hydrogens is 741 g/mol. The van der Waals surface area contributed by atoms with Crippen LogP contribution in [0.25, 0.3) is 28.0 Å². The number of hydrogen-bond acceptors (Lipinski definition) is 8. The summed E-state index contributed by atoms with van der Waals surface area (Å²) in [7, 11) is 2.88. The molecule has 2 unspecified atom stereocenters. The summed E-state index contributed by atoms with van der Waals surface area (Å²) >= 11 is 0. The first kappa shape index (κ1) is 40.4. The number of ether oxygens (including phenoxy) is 2. The minimum Gasteiger partial charge on any atom is -0.469 e. The molecule has 8 rings (SSSR count). The molecule has 2 aromatic carbocycles. The third-order valence-electron chi connectivity index (χ3n) is 13.5. The van der Waals surface area contributed by atoms with Crippen LogP contribution < -0.4 is 5.32 Å². The van der Waals surface area contributed by atoms with E-state index in [2.05, 4.69) is 83.7 Å². The number of pyridine rings is 1. The largest absolute Gasteiger partial charge is 0.469 e. The summed E-state index contributed by atoms with van der Waals surface area (Å²) in [5.41, 5.74) is 8.67. The second kappa shape index (κ2) is 17.4. The van der Waals surface area contributed by atoms with Crippen LogP contribution in [0.15, 0.2) is 90.4 Å². The number of aromatic amines is 1. The number of nitrogens with one attached hydrogen (secondary N) is 2. The van der Waals surface area contributed by atoms with Crippen LogP contribution in [0.5, 0.6) is 0 Å². The number of hydrogen-bond donors (Lipinski definition) is 2. The molecule has 2 amide bonds. The van der Waals surface area contributed by atoms with E-state index in [9.17, 15) is 14.4 Å². The Balaban J connectivity index is 0.898. The molecule has 2 N–H and O–H groups in total. The number of fused-ring (bicyclic) bond motifs is 2. The van der Waals surface area contributed by atoms with Crippen molar-refractivity contribution in [3.63, 3.8) is 0 Å². The van der Waals surface area contributed by atoms with Gasteiger partial charge in [0.25, 0.3) is 0 Å². The van der Waals surface area contributed by atoms with E-state index in [1.165, 1.54) is 19.1 Å². The van der Waals surface area contributed by atoms with E-state index in [0.29, 0.717) is 18.4 Å². The van der Waals surface area contributed by atoms with Crippen molar-refractivity contribution in [2.75, 3.05) is 20.8 Å². The van der Waals surface area contributed by atoms with Crippen LogP contribution in [0.3, 0.4) is 0 Å². The molecule has 1 saturated heterocycles. The molecule has 2 aliphatic heterocycles. The fourth-order valence-corrected chi connectivity index (χ4v) is 10.2. The second-order valence-corrected chi connectivity index (χ2v) is 17.2. The molecule has 2 bridgehead atoms. The smallest absolute Gasteiger partial charge is 0.306 e. The normalized spacial score (nSPS) is 23.8. The lowest BCUT2D eigenvalue weighted by atomic mass is 9.74. The highest BCUT2D eigenvalue weighted by molar-refractivity contribution is 6.02. The lowest BCUT2D eigenvalue weighted by molar-refractivity contribution is -0.151. The number of H-pyrrole nitrogens is 1. The van der Waals surface area contributed by atoms with Crippen molar-refractivity contribution in [2.45, 2.75) is 83.9 Å². The van der Waals surface area contributed by atoms with Gasteiger partial charge in [-0.15, -0.1) is 0 Å². The molecule has 11 nitrogen and oxygen atoms in total.